The van der Waals surface area contributed by atoms with E-state index in [1.165, 1.54) is 12.8 Å². The lowest BCUT2D eigenvalue weighted by molar-refractivity contribution is 0.381. The maximum Gasteiger partial charge on any atom is 0.0437 e. The van der Waals surface area contributed by atoms with Gasteiger partial charge >= 0.3 is 0 Å². The fourth-order valence-corrected chi connectivity index (χ4v) is 7.77. The number of hydrogen-bond donors (Lipinski definition) is 0. The lowest BCUT2D eigenvalue weighted by Crippen LogP contribution is -2.38. The Hall–Kier alpha value is -0.890. The highest BCUT2D eigenvalue weighted by atomic mass is 32.2. The Balaban J connectivity index is 1.81. The van der Waals surface area contributed by atoms with Gasteiger partial charge in [0, 0.05) is 29.4 Å². The van der Waals surface area contributed by atoms with Crippen LogP contribution in [0.25, 0.3) is 0 Å². The summed E-state index contributed by atoms with van der Waals surface area (Å²) in [6, 6.07) is 7.83. The topological polar surface area (TPSA) is 3.24 Å². The quantitative estimate of drug-likeness (QED) is 0.617. The minimum absolute atomic E-state index is 0.668. The second kappa shape index (κ2) is 6.37. The molecule has 1 nitrogen and oxygen atoms in total. The van der Waals surface area contributed by atoms with Crippen LogP contribution in [0.15, 0.2) is 28.7 Å². The predicted octanol–water partition coefficient (Wildman–Crippen LogP) is 6.24. The largest absolute Gasteiger partial charge is 0.369 e. The number of hydrogen-bond acceptors (Lipinski definition) is 2. The lowest BCUT2D eigenvalue weighted by atomic mass is 9.82. The van der Waals surface area contributed by atoms with Crippen molar-refractivity contribution in [3.05, 3.63) is 39.8 Å². The van der Waals surface area contributed by atoms with E-state index in [4.69, 9.17) is 0 Å². The highest BCUT2D eigenvalue weighted by Gasteiger charge is 2.51. The smallest absolute Gasteiger partial charge is 0.0437 e. The van der Waals surface area contributed by atoms with Crippen LogP contribution in [0, 0.1) is 17.8 Å². The second-order valence-corrected chi connectivity index (χ2v) is 10.0. The molecule has 3 aliphatic rings. The number of aryl methyl sites for hydroxylation is 1. The molecule has 1 saturated carbocycles. The van der Waals surface area contributed by atoms with Crippen LogP contribution >= 0.6 is 11.8 Å². The van der Waals surface area contributed by atoms with Crippen LogP contribution in [0.3, 0.4) is 0 Å². The van der Waals surface area contributed by atoms with Gasteiger partial charge in [0.1, 0.15) is 0 Å². The van der Waals surface area contributed by atoms with Crippen LogP contribution in [0.2, 0.25) is 0 Å². The van der Waals surface area contributed by atoms with Crippen LogP contribution < -0.4 is 4.90 Å². The Labute approximate surface area is 158 Å². The molecule has 1 aliphatic carbocycles. The van der Waals surface area contributed by atoms with E-state index in [1.54, 1.807) is 27.3 Å². The van der Waals surface area contributed by atoms with Crippen molar-refractivity contribution in [2.45, 2.75) is 71.6 Å². The molecular weight excluding hydrogens is 322 g/mol. The maximum atomic E-state index is 2.69. The number of allylic oxidation sites excluding steroid dienone is 2. The fourth-order valence-electron chi connectivity index (χ4n) is 5.90. The van der Waals surface area contributed by atoms with E-state index in [9.17, 15) is 0 Å². The van der Waals surface area contributed by atoms with E-state index < -0.39 is 0 Å². The molecule has 0 aromatic heterocycles. The number of thioether (sulfide) groups is 1. The zero-order valence-corrected chi connectivity index (χ0v) is 17.5. The van der Waals surface area contributed by atoms with E-state index in [2.05, 4.69) is 76.4 Å². The summed E-state index contributed by atoms with van der Waals surface area (Å²) >= 11 is 2.18. The van der Waals surface area contributed by atoms with Gasteiger partial charge in [-0.15, -0.1) is 11.8 Å². The first-order chi connectivity index (χ1) is 12.0. The summed E-state index contributed by atoms with van der Waals surface area (Å²) in [5.74, 6) is 3.00. The molecular formula is C23H33NS. The molecule has 1 aromatic carbocycles. The van der Waals surface area contributed by atoms with Crippen LogP contribution in [-0.2, 0) is 6.42 Å². The second-order valence-electron chi connectivity index (χ2n) is 8.62. The number of fused-ring (bicyclic) bond motifs is 2. The molecule has 2 aliphatic heterocycles. The maximum absolute atomic E-state index is 2.69. The van der Waals surface area contributed by atoms with Gasteiger partial charge in [0.2, 0.25) is 0 Å². The van der Waals surface area contributed by atoms with Crippen molar-refractivity contribution < 1.29 is 0 Å². The molecule has 0 bridgehead atoms. The molecule has 1 fully saturated rings. The van der Waals surface area contributed by atoms with E-state index >= 15 is 0 Å². The third kappa shape index (κ3) is 2.51. The Kier molecular flexibility index (Phi) is 4.46. The van der Waals surface area contributed by atoms with Gasteiger partial charge in [-0.05, 0) is 74.3 Å². The molecule has 0 amide bonds. The highest BCUT2D eigenvalue weighted by Crippen LogP contribution is 2.61. The van der Waals surface area contributed by atoms with Gasteiger partial charge in [-0.25, -0.2) is 0 Å². The summed E-state index contributed by atoms with van der Waals surface area (Å²) in [5.41, 5.74) is 6.50. The minimum atomic E-state index is 0.668. The normalized spacial score (nSPS) is 37.4. The fraction of sp³-hybridized carbons (Fsp3) is 0.652. The molecule has 0 N–H and O–H groups in total. The lowest BCUT2D eigenvalue weighted by Gasteiger charge is -2.40. The van der Waals surface area contributed by atoms with Gasteiger partial charge in [0.15, 0.2) is 0 Å². The van der Waals surface area contributed by atoms with Gasteiger partial charge in [-0.2, -0.15) is 0 Å². The standard InChI is InChI=1S/C23H33NS/c1-7-24-13(2)11-12-18-9-8-10-19(22(18)24)21-15(4)14(3)20-16(5)17(6)25-23(20)21/h8-10,13-15,20-21,23H,7,11-12H2,1-6H3. The minimum Gasteiger partial charge on any atom is -0.369 e. The Bertz CT molecular complexity index is 706. The average Bonchev–Trinajstić information content (AvgIpc) is 3.01. The number of para-hydroxylation sites is 1. The Morgan fingerprint density at radius 1 is 1.08 bits per heavy atom. The van der Waals surface area contributed by atoms with Crippen LogP contribution in [0.5, 0.6) is 0 Å². The Morgan fingerprint density at radius 2 is 1.80 bits per heavy atom. The third-order valence-electron chi connectivity index (χ3n) is 7.54. The Morgan fingerprint density at radius 3 is 2.52 bits per heavy atom. The first-order valence-corrected chi connectivity index (χ1v) is 11.1. The third-order valence-corrected chi connectivity index (χ3v) is 9.07. The zero-order valence-electron chi connectivity index (χ0n) is 16.7. The summed E-state index contributed by atoms with van der Waals surface area (Å²) < 4.78 is 0. The van der Waals surface area contributed by atoms with Gasteiger partial charge in [0.05, 0.1) is 0 Å². The number of rotatable bonds is 2. The van der Waals surface area contributed by atoms with Crippen molar-refractivity contribution >= 4 is 17.4 Å². The van der Waals surface area contributed by atoms with Crippen molar-refractivity contribution in [1.82, 2.24) is 0 Å². The van der Waals surface area contributed by atoms with Crippen molar-refractivity contribution in [1.29, 1.82) is 0 Å². The van der Waals surface area contributed by atoms with E-state index in [0.717, 1.165) is 29.5 Å². The summed E-state index contributed by atoms with van der Waals surface area (Å²) in [6.07, 6.45) is 2.54. The molecule has 6 unspecified atom stereocenters. The summed E-state index contributed by atoms with van der Waals surface area (Å²) in [5, 5.41) is 0.743. The average molecular weight is 356 g/mol. The van der Waals surface area contributed by atoms with Crippen LogP contribution in [0.1, 0.15) is 65.0 Å². The summed E-state index contributed by atoms with van der Waals surface area (Å²) in [4.78, 5) is 4.27. The molecule has 2 heteroatoms. The molecule has 0 spiro atoms. The summed E-state index contributed by atoms with van der Waals surface area (Å²) in [7, 11) is 0. The highest BCUT2D eigenvalue weighted by molar-refractivity contribution is 8.04. The molecule has 25 heavy (non-hydrogen) atoms. The first kappa shape index (κ1) is 17.5. The summed E-state index contributed by atoms with van der Waals surface area (Å²) in [6.45, 7) is 15.6. The van der Waals surface area contributed by atoms with Crippen molar-refractivity contribution in [3.63, 3.8) is 0 Å². The monoisotopic (exact) mass is 355 g/mol. The van der Waals surface area contributed by atoms with E-state index in [1.807, 2.05) is 0 Å². The number of anilines is 1. The number of nitrogens with zero attached hydrogens (tertiary/aromatic N) is 1. The molecule has 4 rings (SSSR count). The molecule has 1 aromatic rings. The van der Waals surface area contributed by atoms with Crippen LogP contribution in [0.4, 0.5) is 5.69 Å². The molecule has 0 saturated heterocycles. The van der Waals surface area contributed by atoms with E-state index in [0.29, 0.717) is 12.0 Å². The first-order valence-electron chi connectivity index (χ1n) is 10.2. The van der Waals surface area contributed by atoms with Crippen LogP contribution in [-0.4, -0.2) is 17.8 Å². The van der Waals surface area contributed by atoms with Crippen molar-refractivity contribution in [2.24, 2.45) is 17.8 Å². The molecule has 136 valence electrons. The van der Waals surface area contributed by atoms with Gasteiger partial charge < -0.3 is 4.90 Å². The van der Waals surface area contributed by atoms with Gasteiger partial charge in [0.25, 0.3) is 0 Å². The van der Waals surface area contributed by atoms with E-state index in [-0.39, 0.29) is 0 Å². The zero-order chi connectivity index (χ0) is 17.9. The SMILES string of the molecule is CCN1c2c(cccc2C2C(C)C(C)C3C(C)=C(C)SC32)CCC1C. The molecule has 0 radical (unpaired) electrons. The molecule has 2 heterocycles. The predicted molar refractivity (Wildman–Crippen MR) is 112 cm³/mol. The van der Waals surface area contributed by atoms with Crippen molar-refractivity contribution in [2.75, 3.05) is 11.4 Å². The van der Waals surface area contributed by atoms with Gasteiger partial charge in [-0.1, -0.05) is 37.6 Å². The number of benzene rings is 1. The van der Waals surface area contributed by atoms with Crippen molar-refractivity contribution in [3.8, 4) is 0 Å². The van der Waals surface area contributed by atoms with Gasteiger partial charge in [-0.3, -0.25) is 0 Å². The molecule has 6 atom stereocenters.